The van der Waals surface area contributed by atoms with Crippen LogP contribution in [-0.2, 0) is 17.8 Å². The van der Waals surface area contributed by atoms with Gasteiger partial charge in [-0.2, -0.15) is 5.10 Å². The van der Waals surface area contributed by atoms with Crippen LogP contribution in [0.15, 0.2) is 47.3 Å². The Morgan fingerprint density at radius 2 is 1.96 bits per heavy atom. The monoisotopic (exact) mass is 325 g/mol. The van der Waals surface area contributed by atoms with Crippen LogP contribution in [0.25, 0.3) is 0 Å². The average molecular weight is 325 g/mol. The standard InChI is InChI=1S/C19H23N3O2/c23-18(8-4-7-15-5-2-1-3-6-15)20-13-14-22-19(24)12-11-17(21-22)16-9-10-16/h1-3,5-6,11-12,16H,4,7-10,13-14H2,(H,20,23). The van der Waals surface area contributed by atoms with Crippen LogP contribution in [0.1, 0.15) is 42.9 Å². The highest BCUT2D eigenvalue weighted by Crippen LogP contribution is 2.38. The van der Waals surface area contributed by atoms with Crippen LogP contribution in [0.2, 0.25) is 0 Å². The summed E-state index contributed by atoms with van der Waals surface area (Å²) in [6.45, 7) is 0.856. The first kappa shape index (κ1) is 16.4. The van der Waals surface area contributed by atoms with E-state index < -0.39 is 0 Å². The molecule has 5 nitrogen and oxygen atoms in total. The van der Waals surface area contributed by atoms with Gasteiger partial charge in [0.25, 0.3) is 5.56 Å². The molecule has 1 aliphatic rings. The van der Waals surface area contributed by atoms with E-state index >= 15 is 0 Å². The first-order chi connectivity index (χ1) is 11.7. The van der Waals surface area contributed by atoms with Gasteiger partial charge in [-0.1, -0.05) is 30.3 Å². The zero-order chi connectivity index (χ0) is 16.8. The van der Waals surface area contributed by atoms with Gasteiger partial charge in [0.15, 0.2) is 0 Å². The van der Waals surface area contributed by atoms with Gasteiger partial charge < -0.3 is 5.32 Å². The molecule has 0 atom stereocenters. The fraction of sp³-hybridized carbons (Fsp3) is 0.421. The van der Waals surface area contributed by atoms with Crippen LogP contribution in [0.5, 0.6) is 0 Å². The second kappa shape index (κ2) is 7.90. The molecular weight excluding hydrogens is 302 g/mol. The minimum Gasteiger partial charge on any atom is -0.354 e. The molecule has 5 heteroatoms. The van der Waals surface area contributed by atoms with Gasteiger partial charge >= 0.3 is 0 Å². The molecule has 1 heterocycles. The molecule has 0 unspecified atom stereocenters. The molecule has 0 spiro atoms. The fourth-order valence-corrected chi connectivity index (χ4v) is 2.71. The Hall–Kier alpha value is -2.43. The number of carbonyl (C=O) groups excluding carboxylic acids is 1. The first-order valence-electron chi connectivity index (χ1n) is 8.61. The molecule has 0 bridgehead atoms. The lowest BCUT2D eigenvalue weighted by Crippen LogP contribution is -2.32. The normalized spacial score (nSPS) is 13.7. The third-order valence-electron chi connectivity index (χ3n) is 4.24. The smallest absolute Gasteiger partial charge is 0.266 e. The number of hydrogen-bond donors (Lipinski definition) is 1. The molecule has 1 aromatic heterocycles. The van der Waals surface area contributed by atoms with Gasteiger partial charge in [-0.25, -0.2) is 4.68 Å². The summed E-state index contributed by atoms with van der Waals surface area (Å²) in [4.78, 5) is 23.7. The molecule has 0 radical (unpaired) electrons. The van der Waals surface area contributed by atoms with Crippen LogP contribution in [-0.4, -0.2) is 22.2 Å². The lowest BCUT2D eigenvalue weighted by Gasteiger charge is -2.08. The second-order valence-corrected chi connectivity index (χ2v) is 6.28. The molecule has 1 amide bonds. The summed E-state index contributed by atoms with van der Waals surface area (Å²) >= 11 is 0. The minimum absolute atomic E-state index is 0.0253. The topological polar surface area (TPSA) is 64.0 Å². The number of rotatable bonds is 8. The number of aryl methyl sites for hydroxylation is 1. The van der Waals surface area contributed by atoms with E-state index in [0.717, 1.165) is 31.4 Å². The van der Waals surface area contributed by atoms with Crippen LogP contribution < -0.4 is 10.9 Å². The van der Waals surface area contributed by atoms with E-state index in [1.54, 1.807) is 6.07 Å². The molecule has 24 heavy (non-hydrogen) atoms. The van der Waals surface area contributed by atoms with Crippen molar-refractivity contribution in [3.63, 3.8) is 0 Å². The highest BCUT2D eigenvalue weighted by molar-refractivity contribution is 5.75. The summed E-state index contributed by atoms with van der Waals surface area (Å²) in [6.07, 6.45) is 4.54. The van der Waals surface area contributed by atoms with Gasteiger partial charge in [0.2, 0.25) is 5.91 Å². The number of nitrogens with zero attached hydrogens (tertiary/aromatic N) is 2. The molecule has 3 rings (SSSR count). The summed E-state index contributed by atoms with van der Waals surface area (Å²) in [5.74, 6) is 0.543. The van der Waals surface area contributed by atoms with Crippen LogP contribution in [0, 0.1) is 0 Å². The van der Waals surface area contributed by atoms with Crippen molar-refractivity contribution in [1.82, 2.24) is 15.1 Å². The zero-order valence-electron chi connectivity index (χ0n) is 13.8. The Labute approximate surface area is 141 Å². The van der Waals surface area contributed by atoms with E-state index in [4.69, 9.17) is 0 Å². The Morgan fingerprint density at radius 1 is 1.17 bits per heavy atom. The van der Waals surface area contributed by atoms with Gasteiger partial charge in [-0.05, 0) is 37.3 Å². The number of nitrogens with one attached hydrogen (secondary N) is 1. The van der Waals surface area contributed by atoms with Crippen LogP contribution >= 0.6 is 0 Å². The van der Waals surface area contributed by atoms with Gasteiger partial charge in [-0.15, -0.1) is 0 Å². The molecule has 126 valence electrons. The molecule has 1 aliphatic carbocycles. The van der Waals surface area contributed by atoms with E-state index in [1.807, 2.05) is 24.3 Å². The molecule has 1 fully saturated rings. The van der Waals surface area contributed by atoms with Crippen molar-refractivity contribution in [2.24, 2.45) is 0 Å². The van der Waals surface area contributed by atoms with Crippen molar-refractivity contribution in [2.75, 3.05) is 6.54 Å². The van der Waals surface area contributed by atoms with Crippen molar-refractivity contribution >= 4 is 5.91 Å². The molecule has 1 N–H and O–H groups in total. The molecule has 0 aliphatic heterocycles. The Bertz CT molecular complexity index is 736. The number of carbonyl (C=O) groups is 1. The maximum Gasteiger partial charge on any atom is 0.266 e. The van der Waals surface area contributed by atoms with Gasteiger partial charge in [0.1, 0.15) is 0 Å². The molecule has 0 saturated heterocycles. The van der Waals surface area contributed by atoms with Crippen molar-refractivity contribution in [3.05, 3.63) is 64.1 Å². The molecular formula is C19H23N3O2. The van der Waals surface area contributed by atoms with Gasteiger partial charge in [0, 0.05) is 24.9 Å². The van der Waals surface area contributed by atoms with E-state index in [-0.39, 0.29) is 11.5 Å². The third-order valence-corrected chi connectivity index (χ3v) is 4.24. The summed E-state index contributed by atoms with van der Waals surface area (Å²) in [6, 6.07) is 13.5. The molecule has 1 aromatic carbocycles. The summed E-state index contributed by atoms with van der Waals surface area (Å²) in [5, 5.41) is 7.26. The van der Waals surface area contributed by atoms with Gasteiger partial charge in [-0.3, -0.25) is 9.59 Å². The van der Waals surface area contributed by atoms with Crippen molar-refractivity contribution in [3.8, 4) is 0 Å². The highest BCUT2D eigenvalue weighted by atomic mass is 16.1. The Balaban J connectivity index is 1.39. The van der Waals surface area contributed by atoms with Crippen LogP contribution in [0.4, 0.5) is 0 Å². The minimum atomic E-state index is -0.113. The number of benzene rings is 1. The maximum absolute atomic E-state index is 11.9. The highest BCUT2D eigenvalue weighted by Gasteiger charge is 2.25. The van der Waals surface area contributed by atoms with E-state index in [1.165, 1.54) is 10.2 Å². The summed E-state index contributed by atoms with van der Waals surface area (Å²) < 4.78 is 1.46. The lowest BCUT2D eigenvalue weighted by atomic mass is 10.1. The van der Waals surface area contributed by atoms with E-state index in [9.17, 15) is 9.59 Å². The molecule has 1 saturated carbocycles. The van der Waals surface area contributed by atoms with Crippen molar-refractivity contribution in [1.29, 1.82) is 0 Å². The van der Waals surface area contributed by atoms with Crippen molar-refractivity contribution in [2.45, 2.75) is 44.6 Å². The second-order valence-electron chi connectivity index (χ2n) is 6.28. The van der Waals surface area contributed by atoms with Gasteiger partial charge in [0.05, 0.1) is 12.2 Å². The lowest BCUT2D eigenvalue weighted by molar-refractivity contribution is -0.121. The predicted molar refractivity (Wildman–Crippen MR) is 92.9 cm³/mol. The van der Waals surface area contributed by atoms with E-state index in [2.05, 4.69) is 22.5 Å². The average Bonchev–Trinajstić information content (AvgIpc) is 3.42. The quantitative estimate of drug-likeness (QED) is 0.810. The zero-order valence-corrected chi connectivity index (χ0v) is 13.8. The first-order valence-corrected chi connectivity index (χ1v) is 8.61. The number of hydrogen-bond acceptors (Lipinski definition) is 3. The van der Waals surface area contributed by atoms with Crippen molar-refractivity contribution < 1.29 is 4.79 Å². The van der Waals surface area contributed by atoms with Crippen LogP contribution in [0.3, 0.4) is 0 Å². The Morgan fingerprint density at radius 3 is 2.71 bits per heavy atom. The predicted octanol–water partition coefficient (Wildman–Crippen LogP) is 2.26. The largest absolute Gasteiger partial charge is 0.354 e. The fourth-order valence-electron chi connectivity index (χ4n) is 2.71. The molecule has 2 aromatic rings. The SMILES string of the molecule is O=C(CCCc1ccccc1)NCCn1nc(C2CC2)ccc1=O. The Kier molecular flexibility index (Phi) is 5.41. The summed E-state index contributed by atoms with van der Waals surface area (Å²) in [5.41, 5.74) is 2.12. The summed E-state index contributed by atoms with van der Waals surface area (Å²) in [7, 11) is 0. The van der Waals surface area contributed by atoms with E-state index in [0.29, 0.717) is 25.4 Å². The third kappa shape index (κ3) is 4.78. The maximum atomic E-state index is 11.9. The number of amides is 1. The number of aromatic nitrogens is 2.